The SMILES string of the molecule is CCCCC(=O)SC[C@H](COP(=O)([O-])OC)SC(=O)CCCC.[Li+]. The number of carbonyl (C=O) groups excluding carboxylic acids is 2. The number of hydrogen-bond donors (Lipinski definition) is 0. The van der Waals surface area contributed by atoms with Crippen LogP contribution in [-0.4, -0.2) is 35.0 Å². The van der Waals surface area contributed by atoms with Crippen LogP contribution in [-0.2, 0) is 23.2 Å². The third-order valence-electron chi connectivity index (χ3n) is 2.84. The maximum atomic E-state index is 11.9. The normalized spacial score (nSPS) is 14.5. The van der Waals surface area contributed by atoms with Crippen molar-refractivity contribution in [1.29, 1.82) is 0 Å². The summed E-state index contributed by atoms with van der Waals surface area (Å²) in [5.74, 6) is 0.342. The Morgan fingerprint density at radius 3 is 2.17 bits per heavy atom. The van der Waals surface area contributed by atoms with E-state index >= 15 is 0 Å². The molecule has 136 valence electrons. The first kappa shape index (κ1) is 27.0. The fourth-order valence-corrected chi connectivity index (χ4v) is 4.06. The molecule has 0 fully saturated rings. The van der Waals surface area contributed by atoms with Crippen molar-refractivity contribution in [2.24, 2.45) is 0 Å². The van der Waals surface area contributed by atoms with Gasteiger partial charge in [-0.2, -0.15) is 0 Å². The van der Waals surface area contributed by atoms with Gasteiger partial charge in [0, 0.05) is 31.0 Å². The van der Waals surface area contributed by atoms with E-state index in [1.807, 2.05) is 13.8 Å². The summed E-state index contributed by atoms with van der Waals surface area (Å²) in [4.78, 5) is 34.8. The van der Waals surface area contributed by atoms with Gasteiger partial charge in [-0.25, -0.2) is 0 Å². The molecule has 0 aromatic carbocycles. The first-order valence-corrected chi connectivity index (χ1v) is 11.0. The molecule has 2 atom stereocenters. The molecule has 6 nitrogen and oxygen atoms in total. The quantitative estimate of drug-likeness (QED) is 0.328. The smallest absolute Gasteiger partial charge is 0.756 e. The van der Waals surface area contributed by atoms with Crippen LogP contribution in [0.2, 0.25) is 0 Å². The second-order valence-electron chi connectivity index (χ2n) is 4.93. The van der Waals surface area contributed by atoms with Crippen LogP contribution < -0.4 is 23.8 Å². The van der Waals surface area contributed by atoms with E-state index in [2.05, 4.69) is 4.52 Å². The Labute approximate surface area is 165 Å². The molecule has 0 spiro atoms. The van der Waals surface area contributed by atoms with E-state index in [4.69, 9.17) is 4.52 Å². The summed E-state index contributed by atoms with van der Waals surface area (Å²) >= 11 is 2.17. The molecule has 0 bridgehead atoms. The Morgan fingerprint density at radius 2 is 1.67 bits per heavy atom. The third-order valence-corrected chi connectivity index (χ3v) is 6.16. The molecule has 0 saturated heterocycles. The van der Waals surface area contributed by atoms with Gasteiger partial charge in [-0.15, -0.1) is 0 Å². The van der Waals surface area contributed by atoms with E-state index in [0.29, 0.717) is 18.6 Å². The summed E-state index contributed by atoms with van der Waals surface area (Å²) in [5, 5.41) is -0.358. The first-order chi connectivity index (χ1) is 10.8. The zero-order valence-corrected chi connectivity index (χ0v) is 17.5. The first-order valence-electron chi connectivity index (χ1n) is 7.71. The molecule has 0 heterocycles. The minimum Gasteiger partial charge on any atom is -0.756 e. The van der Waals surface area contributed by atoms with Crippen LogP contribution >= 0.6 is 31.3 Å². The molecule has 10 heteroatoms. The van der Waals surface area contributed by atoms with Gasteiger partial charge < -0.3 is 13.9 Å². The van der Waals surface area contributed by atoms with E-state index in [1.54, 1.807) is 0 Å². The van der Waals surface area contributed by atoms with Gasteiger partial charge in [-0.05, 0) is 12.8 Å². The molecule has 0 aromatic rings. The Bertz CT molecular complexity index is 411. The molecule has 0 radical (unpaired) electrons. The van der Waals surface area contributed by atoms with Crippen molar-refractivity contribution in [2.45, 2.75) is 57.6 Å². The standard InChI is InChI=1S/C14H27O6PS2.Li/c1-4-6-8-13(15)22-11-12(10-20-21(17,18)19-3)23-14(16)9-7-5-2;/h12H,4-11H2,1-3H3,(H,17,18);/q;+1/p-1/t12-;/m0./s1. The number of phosphoric acid groups is 1. The van der Waals surface area contributed by atoms with Crippen molar-refractivity contribution in [3.8, 4) is 0 Å². The van der Waals surface area contributed by atoms with E-state index in [9.17, 15) is 19.0 Å². The molecule has 0 amide bonds. The van der Waals surface area contributed by atoms with Crippen molar-refractivity contribution in [2.75, 3.05) is 19.5 Å². The van der Waals surface area contributed by atoms with Crippen molar-refractivity contribution in [1.82, 2.24) is 0 Å². The Kier molecular flexibility index (Phi) is 17.9. The number of hydrogen-bond acceptors (Lipinski definition) is 8. The molecule has 0 aliphatic rings. The number of thioether (sulfide) groups is 2. The average molecular weight is 392 g/mol. The molecule has 0 aromatic heterocycles. The molecular weight excluding hydrogens is 366 g/mol. The summed E-state index contributed by atoms with van der Waals surface area (Å²) in [7, 11) is -3.31. The van der Waals surface area contributed by atoms with Gasteiger partial charge in [0.05, 0.1) is 6.61 Å². The number of unbranched alkanes of at least 4 members (excludes halogenated alkanes) is 2. The predicted molar refractivity (Wildman–Crippen MR) is 93.5 cm³/mol. The van der Waals surface area contributed by atoms with Crippen molar-refractivity contribution in [3.63, 3.8) is 0 Å². The summed E-state index contributed by atoms with van der Waals surface area (Å²) in [6, 6.07) is 0. The number of phosphoric ester groups is 1. The van der Waals surface area contributed by atoms with Crippen LogP contribution in [0.15, 0.2) is 0 Å². The number of rotatable bonds is 13. The van der Waals surface area contributed by atoms with Gasteiger partial charge in [0.2, 0.25) is 0 Å². The largest absolute Gasteiger partial charge is 1.00 e. The minimum absolute atomic E-state index is 0. The van der Waals surface area contributed by atoms with Gasteiger partial charge in [0.25, 0.3) is 7.82 Å². The minimum atomic E-state index is -4.33. The summed E-state index contributed by atoms with van der Waals surface area (Å²) in [6.07, 6.45) is 4.40. The van der Waals surface area contributed by atoms with Gasteiger partial charge in [-0.1, -0.05) is 50.2 Å². The molecular formula is C14H26LiO6PS2. The Morgan fingerprint density at radius 1 is 1.12 bits per heavy atom. The predicted octanol–water partition coefficient (Wildman–Crippen LogP) is 0.390. The topological polar surface area (TPSA) is 92.7 Å². The Balaban J connectivity index is 0. The van der Waals surface area contributed by atoms with Crippen LogP contribution in [0.5, 0.6) is 0 Å². The summed E-state index contributed by atoms with van der Waals surface area (Å²) < 4.78 is 20.2. The summed E-state index contributed by atoms with van der Waals surface area (Å²) in [5.41, 5.74) is 0. The molecule has 0 saturated carbocycles. The average Bonchev–Trinajstić information content (AvgIpc) is 2.53. The second-order valence-corrected chi connectivity index (χ2v) is 8.88. The molecule has 0 rings (SSSR count). The molecule has 0 aliphatic carbocycles. The van der Waals surface area contributed by atoms with Gasteiger partial charge in [-0.3, -0.25) is 14.2 Å². The van der Waals surface area contributed by atoms with Crippen molar-refractivity contribution < 1.29 is 47.0 Å². The van der Waals surface area contributed by atoms with E-state index in [-0.39, 0.29) is 35.7 Å². The molecule has 1 unspecified atom stereocenters. The maximum absolute atomic E-state index is 11.9. The van der Waals surface area contributed by atoms with Gasteiger partial charge >= 0.3 is 18.9 Å². The van der Waals surface area contributed by atoms with Crippen LogP contribution in [0.3, 0.4) is 0 Å². The molecule has 0 aliphatic heterocycles. The summed E-state index contributed by atoms with van der Waals surface area (Å²) in [6.45, 7) is 3.83. The van der Waals surface area contributed by atoms with Crippen LogP contribution in [0.4, 0.5) is 0 Å². The zero-order chi connectivity index (χ0) is 17.7. The van der Waals surface area contributed by atoms with E-state index in [0.717, 1.165) is 56.3 Å². The van der Waals surface area contributed by atoms with Crippen molar-refractivity contribution in [3.05, 3.63) is 0 Å². The monoisotopic (exact) mass is 392 g/mol. The fourth-order valence-electron chi connectivity index (χ4n) is 1.49. The van der Waals surface area contributed by atoms with Crippen molar-refractivity contribution >= 4 is 41.6 Å². The van der Waals surface area contributed by atoms with E-state index < -0.39 is 13.1 Å². The van der Waals surface area contributed by atoms with Crippen LogP contribution in [0.25, 0.3) is 0 Å². The van der Waals surface area contributed by atoms with Crippen LogP contribution in [0, 0.1) is 0 Å². The third kappa shape index (κ3) is 15.0. The molecule has 24 heavy (non-hydrogen) atoms. The fraction of sp³-hybridized carbons (Fsp3) is 0.857. The molecule has 0 N–H and O–H groups in total. The van der Waals surface area contributed by atoms with Crippen LogP contribution in [0.1, 0.15) is 52.4 Å². The van der Waals surface area contributed by atoms with Gasteiger partial charge in [0.15, 0.2) is 10.2 Å². The van der Waals surface area contributed by atoms with Gasteiger partial charge in [0.1, 0.15) is 0 Å². The zero-order valence-electron chi connectivity index (χ0n) is 14.9. The van der Waals surface area contributed by atoms with E-state index in [1.165, 1.54) is 0 Å². The second kappa shape index (κ2) is 16.0. The maximum Gasteiger partial charge on any atom is 1.00 e. The Hall–Kier alpha value is 0.747. The number of carbonyl (C=O) groups is 2.